The molecule has 64 valence electrons. The number of hydrogen-bond acceptors (Lipinski definition) is 3. The van der Waals surface area contributed by atoms with Crippen molar-refractivity contribution in [3.8, 4) is 0 Å². The molecule has 0 heterocycles. The summed E-state index contributed by atoms with van der Waals surface area (Å²) in [5.74, 6) is 0. The average molecular weight is 159 g/mol. The Bertz CT molecular complexity index is 165. The van der Waals surface area contributed by atoms with Crippen molar-refractivity contribution in [2.45, 2.75) is 26.4 Å². The minimum atomic E-state index is -0.400. The zero-order valence-corrected chi connectivity index (χ0v) is 7.03. The molecule has 0 aliphatic heterocycles. The average Bonchev–Trinajstić information content (AvgIpc) is 1.99. The summed E-state index contributed by atoms with van der Waals surface area (Å²) < 4.78 is 4.91. The highest BCUT2D eigenvalue weighted by atomic mass is 16.6. The Kier molecular flexibility index (Phi) is 4.45. The van der Waals surface area contributed by atoms with Gasteiger partial charge in [-0.15, -0.1) is 0 Å². The Morgan fingerprint density at radius 1 is 1.82 bits per heavy atom. The Morgan fingerprint density at radius 3 is 2.73 bits per heavy atom. The molecule has 4 nitrogen and oxygen atoms in total. The van der Waals surface area contributed by atoms with E-state index in [1.165, 1.54) is 6.92 Å². The minimum absolute atomic E-state index is 0.0462. The van der Waals surface area contributed by atoms with Crippen LogP contribution in [-0.2, 0) is 4.74 Å². The number of methoxy groups -OCH3 is 1. The van der Waals surface area contributed by atoms with Crippen molar-refractivity contribution in [3.05, 3.63) is 21.9 Å². The van der Waals surface area contributed by atoms with Gasteiger partial charge in [-0.25, -0.2) is 0 Å². The van der Waals surface area contributed by atoms with Gasteiger partial charge in [0, 0.05) is 14.0 Å². The summed E-state index contributed by atoms with van der Waals surface area (Å²) in [4.78, 5) is 9.70. The lowest BCUT2D eigenvalue weighted by Crippen LogP contribution is -2.03. The summed E-state index contributed by atoms with van der Waals surface area (Å²) in [6.07, 6.45) is 2.20. The van der Waals surface area contributed by atoms with E-state index in [1.807, 2.05) is 6.92 Å². The lowest BCUT2D eigenvalue weighted by atomic mass is 10.2. The smallest absolute Gasteiger partial charge is 0.239 e. The first-order valence-electron chi connectivity index (χ1n) is 3.42. The minimum Gasteiger partial charge on any atom is -0.381 e. The Morgan fingerprint density at radius 2 is 2.36 bits per heavy atom. The highest BCUT2D eigenvalue weighted by Gasteiger charge is 2.02. The van der Waals surface area contributed by atoms with Crippen molar-refractivity contribution in [3.63, 3.8) is 0 Å². The fraction of sp³-hybridized carbons (Fsp3) is 0.714. The lowest BCUT2D eigenvalue weighted by Gasteiger charge is -2.03. The summed E-state index contributed by atoms with van der Waals surface area (Å²) in [7, 11) is 1.58. The second-order valence-corrected chi connectivity index (χ2v) is 2.38. The number of nitrogens with zero attached hydrogens (tertiary/aromatic N) is 1. The summed E-state index contributed by atoms with van der Waals surface area (Å²) in [6, 6.07) is 0. The molecule has 0 fully saturated rings. The molecule has 1 atom stereocenters. The molecule has 0 rings (SSSR count). The molecule has 0 aliphatic carbocycles. The van der Waals surface area contributed by atoms with E-state index in [2.05, 4.69) is 0 Å². The Balaban J connectivity index is 3.82. The van der Waals surface area contributed by atoms with Crippen LogP contribution in [0.25, 0.3) is 0 Å². The molecule has 0 saturated carbocycles. The van der Waals surface area contributed by atoms with Crippen LogP contribution in [0.3, 0.4) is 0 Å². The first-order valence-corrected chi connectivity index (χ1v) is 3.42. The van der Waals surface area contributed by atoms with Crippen molar-refractivity contribution >= 4 is 0 Å². The van der Waals surface area contributed by atoms with Gasteiger partial charge in [0.1, 0.15) is 0 Å². The van der Waals surface area contributed by atoms with Crippen LogP contribution in [-0.4, -0.2) is 18.1 Å². The molecule has 0 radical (unpaired) electrons. The van der Waals surface area contributed by atoms with Crippen molar-refractivity contribution < 1.29 is 9.66 Å². The summed E-state index contributed by atoms with van der Waals surface area (Å²) in [5.41, 5.74) is 0.175. The monoisotopic (exact) mass is 159 g/mol. The number of rotatable bonds is 4. The quantitative estimate of drug-likeness (QED) is 0.462. The van der Waals surface area contributed by atoms with Crippen LogP contribution in [0.4, 0.5) is 0 Å². The fourth-order valence-electron chi connectivity index (χ4n) is 0.507. The normalized spacial score (nSPS) is 14.6. The Hall–Kier alpha value is -0.900. The maximum absolute atomic E-state index is 10.1. The third kappa shape index (κ3) is 4.50. The van der Waals surface area contributed by atoms with Gasteiger partial charge in [-0.05, 0) is 19.4 Å². The largest absolute Gasteiger partial charge is 0.381 e. The van der Waals surface area contributed by atoms with Gasteiger partial charge in [-0.3, -0.25) is 10.1 Å². The number of nitro groups is 1. The molecule has 1 unspecified atom stereocenters. The highest BCUT2D eigenvalue weighted by molar-refractivity contribution is 4.88. The van der Waals surface area contributed by atoms with Crippen LogP contribution >= 0.6 is 0 Å². The van der Waals surface area contributed by atoms with E-state index < -0.39 is 4.92 Å². The predicted molar refractivity (Wildman–Crippen MR) is 41.8 cm³/mol. The molecule has 0 aromatic heterocycles. The molecule has 0 aromatic rings. The van der Waals surface area contributed by atoms with Crippen LogP contribution in [0.5, 0.6) is 0 Å². The van der Waals surface area contributed by atoms with Crippen molar-refractivity contribution in [1.29, 1.82) is 0 Å². The van der Waals surface area contributed by atoms with Crippen molar-refractivity contribution in [2.75, 3.05) is 7.11 Å². The molecule has 0 bridgehead atoms. The van der Waals surface area contributed by atoms with E-state index in [1.54, 1.807) is 13.2 Å². The molecule has 0 aliphatic rings. The molecule has 0 aromatic carbocycles. The van der Waals surface area contributed by atoms with Gasteiger partial charge in [0.2, 0.25) is 5.70 Å². The zero-order valence-electron chi connectivity index (χ0n) is 7.03. The number of allylic oxidation sites excluding steroid dienone is 1. The number of ether oxygens (including phenoxy) is 1. The highest BCUT2D eigenvalue weighted by Crippen LogP contribution is 2.01. The molecular weight excluding hydrogens is 146 g/mol. The van der Waals surface area contributed by atoms with Crippen LogP contribution in [0.2, 0.25) is 0 Å². The van der Waals surface area contributed by atoms with Crippen LogP contribution in [0, 0.1) is 10.1 Å². The SMILES string of the molecule is COC(C)C/C=C(\C)[N+](=O)[O-]. The van der Waals surface area contributed by atoms with E-state index in [-0.39, 0.29) is 11.8 Å². The lowest BCUT2D eigenvalue weighted by molar-refractivity contribution is -0.424. The van der Waals surface area contributed by atoms with E-state index in [0.717, 1.165) is 0 Å². The molecule has 0 amide bonds. The Labute approximate surface area is 66.0 Å². The third-order valence-electron chi connectivity index (χ3n) is 1.44. The predicted octanol–water partition coefficient (Wildman–Crippen LogP) is 1.59. The van der Waals surface area contributed by atoms with Gasteiger partial charge in [0.15, 0.2) is 0 Å². The van der Waals surface area contributed by atoms with Gasteiger partial charge in [-0.2, -0.15) is 0 Å². The molecule has 0 spiro atoms. The van der Waals surface area contributed by atoms with Gasteiger partial charge in [-0.1, -0.05) is 0 Å². The van der Waals surface area contributed by atoms with Crippen LogP contribution < -0.4 is 0 Å². The first kappa shape index (κ1) is 10.1. The van der Waals surface area contributed by atoms with E-state index >= 15 is 0 Å². The summed E-state index contributed by atoms with van der Waals surface area (Å²) in [6.45, 7) is 3.34. The number of hydrogen-bond donors (Lipinski definition) is 0. The van der Waals surface area contributed by atoms with Gasteiger partial charge >= 0.3 is 0 Å². The second kappa shape index (κ2) is 4.85. The van der Waals surface area contributed by atoms with Crippen molar-refractivity contribution in [1.82, 2.24) is 0 Å². The topological polar surface area (TPSA) is 52.4 Å². The standard InChI is InChI=1S/C7H13NO3/c1-6(8(9)10)4-5-7(2)11-3/h4,7H,5H2,1-3H3/b6-4+. The van der Waals surface area contributed by atoms with E-state index in [0.29, 0.717) is 6.42 Å². The van der Waals surface area contributed by atoms with Crippen molar-refractivity contribution in [2.24, 2.45) is 0 Å². The first-order chi connectivity index (χ1) is 5.07. The van der Waals surface area contributed by atoms with E-state index in [9.17, 15) is 10.1 Å². The molecular formula is C7H13NO3. The van der Waals surface area contributed by atoms with Gasteiger partial charge in [0.25, 0.3) is 0 Å². The second-order valence-electron chi connectivity index (χ2n) is 2.38. The zero-order chi connectivity index (χ0) is 8.85. The summed E-state index contributed by atoms with van der Waals surface area (Å²) >= 11 is 0. The third-order valence-corrected chi connectivity index (χ3v) is 1.44. The summed E-state index contributed by atoms with van der Waals surface area (Å²) in [5, 5.41) is 10.1. The molecule has 0 saturated heterocycles. The molecule has 0 N–H and O–H groups in total. The van der Waals surface area contributed by atoms with Gasteiger partial charge < -0.3 is 4.74 Å². The maximum atomic E-state index is 10.1. The maximum Gasteiger partial charge on any atom is 0.239 e. The fourth-order valence-corrected chi connectivity index (χ4v) is 0.507. The van der Waals surface area contributed by atoms with E-state index in [4.69, 9.17) is 4.74 Å². The molecule has 11 heavy (non-hydrogen) atoms. The van der Waals surface area contributed by atoms with Crippen LogP contribution in [0.15, 0.2) is 11.8 Å². The van der Waals surface area contributed by atoms with Crippen LogP contribution in [0.1, 0.15) is 20.3 Å². The van der Waals surface area contributed by atoms with Gasteiger partial charge in [0.05, 0.1) is 11.0 Å². The molecule has 4 heteroatoms.